The number of sulfone groups is 1. The summed E-state index contributed by atoms with van der Waals surface area (Å²) < 4.78 is 23.8. The largest absolute Gasteiger partial charge is 0.310 e. The highest BCUT2D eigenvalue weighted by Crippen LogP contribution is 2.73. The maximum absolute atomic E-state index is 11.9. The Hall–Kier alpha value is -0.650. The van der Waals surface area contributed by atoms with Crippen molar-refractivity contribution in [1.29, 1.82) is 0 Å². The van der Waals surface area contributed by atoms with E-state index in [1.165, 1.54) is 63.4 Å². The second-order valence-corrected chi connectivity index (χ2v) is 17.0. The van der Waals surface area contributed by atoms with Gasteiger partial charge in [-0.25, -0.2) is 8.42 Å². The first-order chi connectivity index (χ1) is 17.4. The number of hydrogen-bond acceptors (Lipinski definition) is 4. The molecule has 4 aliphatic carbocycles. The van der Waals surface area contributed by atoms with Gasteiger partial charge in [0.15, 0.2) is 9.84 Å². The van der Waals surface area contributed by atoms with E-state index in [1.807, 2.05) is 0 Å². The van der Waals surface area contributed by atoms with Gasteiger partial charge in [0, 0.05) is 31.7 Å². The quantitative estimate of drug-likeness (QED) is 0.396. The van der Waals surface area contributed by atoms with E-state index < -0.39 is 9.84 Å². The number of hydrogen-bond donors (Lipinski definition) is 1. The van der Waals surface area contributed by atoms with Crippen LogP contribution in [0.5, 0.6) is 0 Å². The van der Waals surface area contributed by atoms with Crippen LogP contribution >= 0.6 is 0 Å². The maximum Gasteiger partial charge on any atom is 0.152 e. The average molecular weight is 531 g/mol. The van der Waals surface area contributed by atoms with E-state index in [0.29, 0.717) is 52.7 Å². The molecule has 0 bridgehead atoms. The fourth-order valence-corrected chi connectivity index (χ4v) is 12.2. The molecule has 0 amide bonds. The van der Waals surface area contributed by atoms with E-state index in [-0.39, 0.29) is 5.54 Å². The molecule has 1 N–H and O–H groups in total. The maximum atomic E-state index is 11.9. The first-order valence-corrected chi connectivity index (χ1v) is 17.2. The van der Waals surface area contributed by atoms with Crippen molar-refractivity contribution in [2.45, 2.75) is 97.4 Å². The second-order valence-electron chi connectivity index (χ2n) is 14.7. The monoisotopic (exact) mass is 530 g/mol. The van der Waals surface area contributed by atoms with E-state index in [9.17, 15) is 8.42 Å². The molecule has 1 saturated heterocycles. The third-order valence-corrected chi connectivity index (χ3v) is 14.6. The Kier molecular flexibility index (Phi) is 7.36. The van der Waals surface area contributed by atoms with Crippen molar-refractivity contribution in [1.82, 2.24) is 10.2 Å². The van der Waals surface area contributed by atoms with Gasteiger partial charge in [-0.15, -0.1) is 6.58 Å². The Morgan fingerprint density at radius 2 is 1.73 bits per heavy atom. The van der Waals surface area contributed by atoms with Crippen molar-refractivity contribution in [2.24, 2.45) is 39.9 Å². The number of fused-ring (bicyclic) bond motifs is 5. The van der Waals surface area contributed by atoms with Gasteiger partial charge >= 0.3 is 0 Å². The van der Waals surface area contributed by atoms with E-state index in [2.05, 4.69) is 57.1 Å². The van der Waals surface area contributed by atoms with Crippen molar-refractivity contribution >= 4 is 9.84 Å². The van der Waals surface area contributed by atoms with Crippen LogP contribution in [-0.2, 0) is 9.84 Å². The summed E-state index contributed by atoms with van der Waals surface area (Å²) in [6, 6.07) is 0. The lowest BCUT2D eigenvalue weighted by atomic mass is 9.36. The highest BCUT2D eigenvalue weighted by Gasteiger charge is 2.68. The topological polar surface area (TPSA) is 49.4 Å². The number of nitrogens with one attached hydrogen (secondary N) is 1. The minimum atomic E-state index is -2.82. The van der Waals surface area contributed by atoms with Gasteiger partial charge in [-0.3, -0.25) is 0 Å². The highest BCUT2D eigenvalue weighted by atomic mass is 32.2. The van der Waals surface area contributed by atoms with Crippen LogP contribution in [0, 0.1) is 39.9 Å². The summed E-state index contributed by atoms with van der Waals surface area (Å²) in [7, 11) is -2.82. The van der Waals surface area contributed by atoms with Crippen molar-refractivity contribution in [3.8, 4) is 0 Å². The minimum absolute atomic E-state index is 0.220. The summed E-state index contributed by atoms with van der Waals surface area (Å²) in [6.07, 6.45) is 15.4. The normalized spacial score (nSPS) is 47.5. The predicted molar refractivity (Wildman–Crippen MR) is 155 cm³/mol. The molecule has 0 aromatic heterocycles. The molecule has 1 heterocycles. The van der Waals surface area contributed by atoms with Gasteiger partial charge in [0.05, 0.1) is 11.5 Å². The molecular weight excluding hydrogens is 476 g/mol. The van der Waals surface area contributed by atoms with Crippen LogP contribution in [0.1, 0.15) is 91.9 Å². The summed E-state index contributed by atoms with van der Waals surface area (Å²) in [5.74, 6) is 3.50. The van der Waals surface area contributed by atoms with Gasteiger partial charge in [-0.05, 0) is 105 Å². The minimum Gasteiger partial charge on any atom is -0.310 e. The van der Waals surface area contributed by atoms with Gasteiger partial charge in [0.25, 0.3) is 0 Å². The molecule has 1 aliphatic heterocycles. The van der Waals surface area contributed by atoms with E-state index in [4.69, 9.17) is 0 Å². The molecule has 0 unspecified atom stereocenters. The fraction of sp³-hybridized carbons (Fsp3) is 0.875. The Morgan fingerprint density at radius 3 is 2.41 bits per heavy atom. The lowest BCUT2D eigenvalue weighted by Crippen LogP contribution is -2.66. The molecular formula is C32H54N2O2S. The van der Waals surface area contributed by atoms with E-state index in [0.717, 1.165) is 31.3 Å². The first kappa shape index (κ1) is 27.9. The van der Waals surface area contributed by atoms with Gasteiger partial charge in [-0.2, -0.15) is 0 Å². The Bertz CT molecular complexity index is 994. The van der Waals surface area contributed by atoms with Gasteiger partial charge in [0.1, 0.15) is 0 Å². The van der Waals surface area contributed by atoms with Crippen LogP contribution in [0.2, 0.25) is 0 Å². The first-order valence-electron chi connectivity index (χ1n) is 15.3. The number of rotatable bonds is 7. The van der Waals surface area contributed by atoms with Gasteiger partial charge < -0.3 is 10.2 Å². The predicted octanol–water partition coefficient (Wildman–Crippen LogP) is 6.25. The Labute approximate surface area is 228 Å². The molecule has 4 saturated carbocycles. The average Bonchev–Trinajstić information content (AvgIpc) is 3.21. The number of nitrogens with zero attached hydrogens (tertiary/aromatic N) is 1. The summed E-state index contributed by atoms with van der Waals surface area (Å²) >= 11 is 0. The summed E-state index contributed by atoms with van der Waals surface area (Å²) in [4.78, 5) is 2.35. The lowest BCUT2D eigenvalue weighted by molar-refractivity contribution is -0.197. The molecule has 8 atom stereocenters. The van der Waals surface area contributed by atoms with E-state index >= 15 is 0 Å². The molecule has 5 aliphatic rings. The van der Waals surface area contributed by atoms with E-state index in [1.54, 1.807) is 0 Å². The SMILES string of the molecule is C=CC[C@@]1(C)CCC[C@]2(C)[C@@H]1CC[C@@H]1[C@H]3[C@H](C(=C)C)CC[C@]3(NCCN3CCS(=O)(=O)CC3)CC[C@]12C. The second kappa shape index (κ2) is 9.77. The molecule has 0 aromatic rings. The standard InChI is InChI=1S/C32H54N2O2S/c1-7-12-29(4)13-8-14-31(6)27(29)10-9-26-28-25(24(2)3)11-15-32(28,17-16-30(26,31)5)33-18-19-34-20-22-37(35,36)23-21-34/h7,25-28,33H,1-2,8-23H2,3-6H3/t25-,26+,27+,28+,29-,30+,31+,32-/m0/s1. The summed E-state index contributed by atoms with van der Waals surface area (Å²) in [5.41, 5.74) is 2.80. The zero-order valence-electron chi connectivity index (χ0n) is 24.3. The van der Waals surface area contributed by atoms with Crippen LogP contribution in [0.3, 0.4) is 0 Å². The summed E-state index contributed by atoms with van der Waals surface area (Å²) in [6.45, 7) is 22.3. The fourth-order valence-electron chi connectivity index (χ4n) is 10.9. The molecule has 5 rings (SSSR count). The van der Waals surface area contributed by atoms with Gasteiger partial charge in [0.2, 0.25) is 0 Å². The number of allylic oxidation sites excluding steroid dienone is 2. The van der Waals surface area contributed by atoms with Crippen LogP contribution in [0.4, 0.5) is 0 Å². The molecule has 0 radical (unpaired) electrons. The zero-order valence-corrected chi connectivity index (χ0v) is 25.1. The van der Waals surface area contributed by atoms with Crippen LogP contribution < -0.4 is 5.32 Å². The molecule has 4 nitrogen and oxygen atoms in total. The third-order valence-electron chi connectivity index (χ3n) is 13.0. The Morgan fingerprint density at radius 1 is 1.00 bits per heavy atom. The molecule has 0 aromatic carbocycles. The van der Waals surface area contributed by atoms with Gasteiger partial charge in [-0.1, -0.05) is 45.4 Å². The highest BCUT2D eigenvalue weighted by molar-refractivity contribution is 7.91. The molecule has 0 spiro atoms. The zero-order chi connectivity index (χ0) is 26.7. The molecule has 5 heteroatoms. The van der Waals surface area contributed by atoms with Crippen LogP contribution in [-0.4, -0.2) is 56.5 Å². The van der Waals surface area contributed by atoms with Crippen molar-refractivity contribution < 1.29 is 8.42 Å². The third kappa shape index (κ3) is 4.51. The smallest absolute Gasteiger partial charge is 0.152 e. The van der Waals surface area contributed by atoms with Crippen molar-refractivity contribution in [2.75, 3.05) is 37.7 Å². The van der Waals surface area contributed by atoms with Crippen LogP contribution in [0.25, 0.3) is 0 Å². The molecule has 210 valence electrons. The molecule has 5 fully saturated rings. The van der Waals surface area contributed by atoms with Crippen LogP contribution in [0.15, 0.2) is 24.8 Å². The van der Waals surface area contributed by atoms with Crippen molar-refractivity contribution in [3.05, 3.63) is 24.8 Å². The lowest BCUT2D eigenvalue weighted by Gasteiger charge is -2.70. The van der Waals surface area contributed by atoms with Crippen molar-refractivity contribution in [3.63, 3.8) is 0 Å². The summed E-state index contributed by atoms with van der Waals surface area (Å²) in [5, 5.41) is 4.18. The Balaban J connectivity index is 1.38. The molecule has 37 heavy (non-hydrogen) atoms.